The molecule has 3 N–H and O–H groups in total. The van der Waals surface area contributed by atoms with Gasteiger partial charge in [-0.05, 0) is 172 Å². The lowest BCUT2D eigenvalue weighted by atomic mass is 9.73. The minimum atomic E-state index is 0. The number of fused-ring (bicyclic) bond motifs is 1. The van der Waals surface area contributed by atoms with Gasteiger partial charge in [0.25, 0.3) is 0 Å². The van der Waals surface area contributed by atoms with Crippen LogP contribution in [0, 0.1) is 148 Å². The maximum atomic E-state index is 6.86. The van der Waals surface area contributed by atoms with E-state index in [0.29, 0.717) is 0 Å². The van der Waals surface area contributed by atoms with Crippen molar-refractivity contribution < 1.29 is 17.1 Å². The van der Waals surface area contributed by atoms with Gasteiger partial charge in [-0.1, -0.05) is 24.3 Å². The molecular weight excluding hydrogens is 677 g/mol. The van der Waals surface area contributed by atoms with Gasteiger partial charge in [0.2, 0.25) is 0 Å². The zero-order chi connectivity index (χ0) is 36.4. The molecular formula is C44H56N6S2. The monoisotopic (exact) mass is 732 g/mol. The molecule has 6 nitrogen and oxygen atoms in total. The van der Waals surface area contributed by atoms with E-state index < -0.39 is 0 Å². The first-order valence-electron chi connectivity index (χ1n) is 15.7. The summed E-state index contributed by atoms with van der Waals surface area (Å²) in [6, 6.07) is 13.4. The van der Waals surface area contributed by atoms with Crippen molar-refractivity contribution in [3.05, 3.63) is 64.2 Å². The maximum absolute atomic E-state index is 6.86. The van der Waals surface area contributed by atoms with Crippen LogP contribution in [0.5, 0.6) is 0 Å². The van der Waals surface area contributed by atoms with E-state index in [2.05, 4.69) is 171 Å². The third-order valence-electron chi connectivity index (χ3n) is 7.81. The number of thioether (sulfide) groups is 1. The Hall–Kier alpha value is -6.70. The number of hydrogen-bond acceptors (Lipinski definition) is 5. The summed E-state index contributed by atoms with van der Waals surface area (Å²) in [4.78, 5) is 8.93. The molecule has 0 amide bonds. The third kappa shape index (κ3) is 14.8. The second-order valence-corrected chi connectivity index (χ2v) is 12.0. The second kappa shape index (κ2) is 24.4. The molecule has 0 bridgehead atoms. The highest BCUT2D eigenvalue weighted by Crippen LogP contribution is 2.51. The normalized spacial score (nSPS) is 13.8. The van der Waals surface area contributed by atoms with Crippen molar-refractivity contribution in [2.45, 2.75) is 43.2 Å². The van der Waals surface area contributed by atoms with Crippen LogP contribution in [-0.4, -0.2) is 23.8 Å². The van der Waals surface area contributed by atoms with Gasteiger partial charge >= 0.3 is 0 Å². The van der Waals surface area contributed by atoms with E-state index in [1.165, 1.54) is 53.3 Å². The maximum Gasteiger partial charge on any atom is 0.0961 e. The highest BCUT2D eigenvalue weighted by Gasteiger charge is 2.45. The van der Waals surface area contributed by atoms with Crippen molar-refractivity contribution >= 4 is 30.9 Å². The summed E-state index contributed by atoms with van der Waals surface area (Å²) in [5.41, 5.74) is 23.3. The molecule has 0 radical (unpaired) electrons. The number of nitrogens with zero attached hydrogens (tertiary/aromatic N) is 4. The van der Waals surface area contributed by atoms with E-state index in [1.807, 2.05) is 11.8 Å². The molecule has 1 atom stereocenters. The molecule has 1 spiro atoms. The van der Waals surface area contributed by atoms with Crippen LogP contribution in [0.25, 0.3) is 10.4 Å². The first-order valence-corrected chi connectivity index (χ1v) is 16.6. The molecule has 1 saturated heterocycles. The van der Waals surface area contributed by atoms with Crippen molar-refractivity contribution in [2.75, 3.05) is 23.7 Å². The first-order chi connectivity index (χ1) is 25.1. The predicted molar refractivity (Wildman–Crippen MR) is 241 cm³/mol. The Bertz CT molecular complexity index is 2230. The molecule has 1 aliphatic heterocycles. The van der Waals surface area contributed by atoms with E-state index in [1.54, 1.807) is 4.91 Å². The zero-order valence-corrected chi connectivity index (χ0v) is 30.1. The Morgan fingerprint density at radius 3 is 1.67 bits per heavy atom. The molecule has 8 heteroatoms. The van der Waals surface area contributed by atoms with Crippen LogP contribution < -0.4 is 10.6 Å². The van der Waals surface area contributed by atoms with Crippen molar-refractivity contribution in [2.24, 2.45) is 17.1 Å². The highest BCUT2D eigenvalue weighted by atomic mass is 32.2. The lowest BCUT2D eigenvalue weighted by Gasteiger charge is -2.43. The number of rotatable bonds is 4. The second-order valence-electron chi connectivity index (χ2n) is 11.0. The van der Waals surface area contributed by atoms with Crippen LogP contribution in [0.3, 0.4) is 0 Å². The number of nitrogens with two attached hydrogens (primary N) is 1. The highest BCUT2D eigenvalue weighted by molar-refractivity contribution is 7.99. The molecule has 0 unspecified atom stereocenters. The average Bonchev–Trinajstić information content (AvgIpc) is 3.95. The van der Waals surface area contributed by atoms with Crippen LogP contribution >= 0.6 is 25.3 Å². The van der Waals surface area contributed by atoms with Crippen LogP contribution in [-0.2, 0) is 6.42 Å². The van der Waals surface area contributed by atoms with Gasteiger partial charge in [0.05, 0.1) is 16.9 Å². The molecule has 2 heterocycles. The molecule has 2 aromatic rings. The smallest absolute Gasteiger partial charge is 0.0961 e. The molecule has 2 aliphatic carbocycles. The van der Waals surface area contributed by atoms with Gasteiger partial charge in [-0.25, -0.2) is 4.98 Å². The number of hydrogen-bond donors (Lipinski definition) is 2. The summed E-state index contributed by atoms with van der Waals surface area (Å²) in [6.45, 7) is 2.16. The quantitative estimate of drug-likeness (QED) is 0.108. The Morgan fingerprint density at radius 1 is 0.808 bits per heavy atom. The Kier molecular flexibility index (Phi) is 19.5. The number of nitrogens with one attached hydrogen (secondary N) is 1. The van der Waals surface area contributed by atoms with E-state index in [-0.39, 0.29) is 42.1 Å². The number of pyridine rings is 1. The average molecular weight is 733 g/mol. The predicted octanol–water partition coefficient (Wildman–Crippen LogP) is 8.65. The largest absolute Gasteiger partial charge is 0.370 e. The van der Waals surface area contributed by atoms with Crippen molar-refractivity contribution in [1.29, 1.82) is 5.53 Å². The number of terminal acetylenes is 2. The summed E-state index contributed by atoms with van der Waals surface area (Å²) in [5.74, 6) is 50.4. The van der Waals surface area contributed by atoms with Crippen LogP contribution in [0.1, 0.15) is 60.0 Å². The molecule has 2 fully saturated rings. The summed E-state index contributed by atoms with van der Waals surface area (Å²) >= 11 is 1.91. The Balaban J connectivity index is -0.0000000779. The van der Waals surface area contributed by atoms with E-state index >= 15 is 0 Å². The summed E-state index contributed by atoms with van der Waals surface area (Å²) in [6.07, 6.45) is 18.2. The van der Waals surface area contributed by atoms with E-state index in [0.717, 1.165) is 25.4 Å². The third-order valence-corrected chi connectivity index (χ3v) is 8.98. The molecule has 1 saturated carbocycles. The van der Waals surface area contributed by atoms with Gasteiger partial charge in [0.15, 0.2) is 0 Å². The fourth-order valence-corrected chi connectivity index (χ4v) is 6.25. The van der Waals surface area contributed by atoms with Crippen LogP contribution in [0.4, 0.5) is 5.69 Å². The van der Waals surface area contributed by atoms with Crippen molar-refractivity contribution in [3.63, 3.8) is 0 Å². The summed E-state index contributed by atoms with van der Waals surface area (Å²) in [5, 5.41) is 1.17. The SMILES string of the molecule is C#CC#CC#CC#CC#CC#CC#CC#CC#CC#CC#C.N[C@@H]1c2ccccc2CC12CCN(c1ccc(SCC3CC3)nc1)CC2.S.[HH].[HH].[HH].[HH].[HH].[HH].[HH].[HH].[HH].[HH].[HH].[HH].[N-]=[N+]=N. The molecule has 3 aliphatic rings. The molecule has 274 valence electrons. The fraction of sp³-hybridized carbons (Fsp3) is 0.250. The van der Waals surface area contributed by atoms with Gasteiger partial charge in [0.1, 0.15) is 0 Å². The standard InChI is InChI=1S/C22H27N3S.C22H2.HN3.H2S.12H2/c23-21-19-4-2-1-3-17(19)13-22(21)9-11-25(12-10-22)18-7-8-20(24-14-18)26-15-16-5-6-16;1-3-5-7-9-11-13-15-17-19-21-22-20-18-16-14-12-10-8-6-4-2;1-3-2;;;;;;;;;;;;;/h1-4,7-8,14,16,21H,5-6,9-13,15,23H2;1-2H;1H;1H2;12*1H/t21-;;;;;;;;;;;;;;;/m1.............../s1. The lowest BCUT2D eigenvalue weighted by Crippen LogP contribution is -2.44. The molecule has 1 aromatic heterocycles. The van der Waals surface area contributed by atoms with E-state index in [9.17, 15) is 0 Å². The number of benzene rings is 1. The number of aromatic nitrogens is 1. The van der Waals surface area contributed by atoms with Gasteiger partial charge in [-0.15, -0.1) is 30.1 Å². The lowest BCUT2D eigenvalue weighted by molar-refractivity contribution is 0.187. The number of anilines is 1. The first kappa shape index (κ1) is 41.5. The van der Waals surface area contributed by atoms with Gasteiger partial charge in [-0.2, -0.15) is 13.5 Å². The summed E-state index contributed by atoms with van der Waals surface area (Å²) < 4.78 is 0. The summed E-state index contributed by atoms with van der Waals surface area (Å²) in [7, 11) is 0. The topological polar surface area (TPSA) is 102 Å². The van der Waals surface area contributed by atoms with Crippen molar-refractivity contribution in [1.82, 2.24) is 4.98 Å². The fourth-order valence-electron chi connectivity index (χ4n) is 5.22. The number of piperidine rings is 1. The Labute approximate surface area is 337 Å². The zero-order valence-electron chi connectivity index (χ0n) is 28.3. The molecule has 1 aromatic carbocycles. The van der Waals surface area contributed by atoms with Gasteiger partial charge < -0.3 is 10.6 Å². The van der Waals surface area contributed by atoms with Crippen molar-refractivity contribution in [3.8, 4) is 131 Å². The van der Waals surface area contributed by atoms with Crippen LogP contribution in [0.2, 0.25) is 0 Å². The minimum Gasteiger partial charge on any atom is -0.370 e. The molecule has 52 heavy (non-hydrogen) atoms. The van der Waals surface area contributed by atoms with Gasteiger partial charge in [0, 0.05) is 65.7 Å². The van der Waals surface area contributed by atoms with Crippen LogP contribution in [0.15, 0.2) is 47.6 Å². The van der Waals surface area contributed by atoms with E-state index in [4.69, 9.17) is 29.6 Å². The Morgan fingerprint density at radius 2 is 1.27 bits per heavy atom. The van der Waals surface area contributed by atoms with Gasteiger partial charge in [-0.3, -0.25) is 0 Å². The minimum absolute atomic E-state index is 0. The molecule has 5 rings (SSSR count).